The van der Waals surface area contributed by atoms with Gasteiger partial charge in [0.25, 0.3) is 11.6 Å². The molecule has 1 amide bonds. The summed E-state index contributed by atoms with van der Waals surface area (Å²) in [5.41, 5.74) is 3.25. The smallest absolute Gasteiger partial charge is 0.272 e. The van der Waals surface area contributed by atoms with Crippen molar-refractivity contribution in [1.29, 1.82) is 0 Å². The predicted octanol–water partition coefficient (Wildman–Crippen LogP) is 2.60. The van der Waals surface area contributed by atoms with Crippen LogP contribution in [0.4, 0.5) is 5.69 Å². The highest BCUT2D eigenvalue weighted by Gasteiger charge is 2.17. The molecule has 0 aliphatic heterocycles. The van der Waals surface area contributed by atoms with Gasteiger partial charge in [-0.2, -0.15) is 10.2 Å². The van der Waals surface area contributed by atoms with E-state index in [2.05, 4.69) is 25.6 Å². The fourth-order valence-corrected chi connectivity index (χ4v) is 3.06. The molecule has 0 radical (unpaired) electrons. The Morgan fingerprint density at radius 3 is 2.72 bits per heavy atom. The zero-order valence-electron chi connectivity index (χ0n) is 15.7. The second-order valence-corrected chi connectivity index (χ2v) is 6.61. The highest BCUT2D eigenvalue weighted by molar-refractivity contribution is 6.05. The first-order valence-electron chi connectivity index (χ1n) is 8.81. The lowest BCUT2D eigenvalue weighted by Crippen LogP contribution is -2.23. The largest absolute Gasteiger partial charge is 0.346 e. The summed E-state index contributed by atoms with van der Waals surface area (Å²) < 4.78 is 1.75. The van der Waals surface area contributed by atoms with E-state index in [0.717, 1.165) is 17.0 Å². The fraction of sp³-hybridized carbons (Fsp3) is 0.158. The van der Waals surface area contributed by atoms with Crippen LogP contribution in [0.15, 0.2) is 42.6 Å². The Morgan fingerprint density at radius 2 is 2.07 bits per heavy atom. The van der Waals surface area contributed by atoms with Crippen LogP contribution in [0.2, 0.25) is 0 Å². The van der Waals surface area contributed by atoms with E-state index in [1.165, 1.54) is 18.2 Å². The minimum Gasteiger partial charge on any atom is -0.346 e. The molecule has 4 rings (SSSR count). The molecular formula is C19H17N7O3. The van der Waals surface area contributed by atoms with Crippen LogP contribution in [0.1, 0.15) is 27.4 Å². The van der Waals surface area contributed by atoms with Crippen molar-refractivity contribution in [2.45, 2.75) is 20.4 Å². The number of carbonyl (C=O) groups excluding carboxylic acids is 1. The summed E-state index contributed by atoms with van der Waals surface area (Å²) >= 11 is 0. The number of amides is 1. The average Bonchev–Trinajstić information content (AvgIpc) is 3.28. The molecule has 0 spiro atoms. The van der Waals surface area contributed by atoms with Gasteiger partial charge in [0.15, 0.2) is 11.5 Å². The first kappa shape index (κ1) is 18.3. The number of pyridine rings is 1. The molecule has 10 nitrogen and oxygen atoms in total. The molecule has 29 heavy (non-hydrogen) atoms. The summed E-state index contributed by atoms with van der Waals surface area (Å²) in [7, 11) is 0. The fourth-order valence-electron chi connectivity index (χ4n) is 3.06. The number of nitrogens with zero attached hydrogens (tertiary/aromatic N) is 5. The van der Waals surface area contributed by atoms with Gasteiger partial charge in [0.1, 0.15) is 0 Å². The molecule has 0 unspecified atom stereocenters. The van der Waals surface area contributed by atoms with Crippen molar-refractivity contribution in [3.05, 3.63) is 75.4 Å². The number of nitrogens with one attached hydrogen (secondary N) is 2. The van der Waals surface area contributed by atoms with Crippen LogP contribution >= 0.6 is 0 Å². The van der Waals surface area contributed by atoms with Crippen LogP contribution < -0.4 is 5.32 Å². The van der Waals surface area contributed by atoms with Crippen LogP contribution in [0.5, 0.6) is 0 Å². The summed E-state index contributed by atoms with van der Waals surface area (Å²) in [6, 6.07) is 9.87. The monoisotopic (exact) mass is 391 g/mol. The molecule has 0 saturated carbocycles. The van der Waals surface area contributed by atoms with Gasteiger partial charge in [-0.25, -0.2) is 9.67 Å². The molecule has 0 aliphatic carbocycles. The Kier molecular flexibility index (Phi) is 4.51. The molecule has 0 fully saturated rings. The number of aromatic nitrogens is 5. The predicted molar refractivity (Wildman–Crippen MR) is 105 cm³/mol. The third-order valence-electron chi connectivity index (χ3n) is 4.46. The summed E-state index contributed by atoms with van der Waals surface area (Å²) in [5, 5.41) is 25.2. The van der Waals surface area contributed by atoms with Gasteiger partial charge >= 0.3 is 0 Å². The Bertz CT molecular complexity index is 1220. The van der Waals surface area contributed by atoms with Gasteiger partial charge in [-0.15, -0.1) is 0 Å². The lowest BCUT2D eigenvalue weighted by atomic mass is 10.2. The van der Waals surface area contributed by atoms with E-state index in [1.807, 2.05) is 32.0 Å². The Morgan fingerprint density at radius 1 is 1.24 bits per heavy atom. The van der Waals surface area contributed by atoms with Crippen molar-refractivity contribution in [3.8, 4) is 5.82 Å². The number of H-pyrrole nitrogens is 1. The minimum atomic E-state index is -0.510. The van der Waals surface area contributed by atoms with E-state index in [4.69, 9.17) is 0 Å². The van der Waals surface area contributed by atoms with Crippen LogP contribution in [0, 0.1) is 24.0 Å². The van der Waals surface area contributed by atoms with Gasteiger partial charge in [0.05, 0.1) is 16.1 Å². The molecule has 0 bridgehead atoms. The van der Waals surface area contributed by atoms with E-state index >= 15 is 0 Å². The van der Waals surface area contributed by atoms with E-state index in [0.29, 0.717) is 16.7 Å². The second-order valence-electron chi connectivity index (χ2n) is 6.61. The molecule has 4 aromatic rings. The van der Waals surface area contributed by atoms with Crippen LogP contribution in [-0.4, -0.2) is 35.8 Å². The number of fused-ring (bicyclic) bond motifs is 1. The number of aromatic amines is 1. The zero-order chi connectivity index (χ0) is 20.5. The third kappa shape index (κ3) is 3.55. The summed E-state index contributed by atoms with van der Waals surface area (Å²) in [5.74, 6) is 0.260. The van der Waals surface area contributed by atoms with E-state index in [-0.39, 0.29) is 17.9 Å². The van der Waals surface area contributed by atoms with Crippen molar-refractivity contribution < 1.29 is 9.72 Å². The number of nitro groups is 1. The topological polar surface area (TPSA) is 132 Å². The molecule has 3 aromatic heterocycles. The van der Waals surface area contributed by atoms with Crippen molar-refractivity contribution in [3.63, 3.8) is 0 Å². The van der Waals surface area contributed by atoms with Gasteiger partial charge in [-0.3, -0.25) is 20.0 Å². The Hall–Kier alpha value is -4.08. The highest BCUT2D eigenvalue weighted by atomic mass is 16.6. The van der Waals surface area contributed by atoms with Gasteiger partial charge in [0, 0.05) is 36.0 Å². The maximum absolute atomic E-state index is 12.5. The van der Waals surface area contributed by atoms with E-state index < -0.39 is 10.8 Å². The second kappa shape index (κ2) is 7.15. The van der Waals surface area contributed by atoms with Gasteiger partial charge in [-0.1, -0.05) is 6.07 Å². The number of aryl methyl sites for hydroxylation is 2. The average molecular weight is 391 g/mol. The van der Waals surface area contributed by atoms with Crippen LogP contribution in [-0.2, 0) is 6.54 Å². The van der Waals surface area contributed by atoms with Crippen molar-refractivity contribution in [2.24, 2.45) is 0 Å². The highest BCUT2D eigenvalue weighted by Crippen LogP contribution is 2.22. The Labute approximate surface area is 164 Å². The molecule has 146 valence electrons. The maximum Gasteiger partial charge on any atom is 0.272 e. The molecular weight excluding hydrogens is 374 g/mol. The SMILES string of the molecule is Cc1cc(C)n(-c2ccc(CNC(=O)c3n[nH]c4ccc([N+](=O)[O-])cc34)cn2)n1. The van der Waals surface area contributed by atoms with Crippen molar-refractivity contribution in [2.75, 3.05) is 0 Å². The summed E-state index contributed by atoms with van der Waals surface area (Å²) in [6.07, 6.45) is 1.67. The summed E-state index contributed by atoms with van der Waals surface area (Å²) in [4.78, 5) is 27.4. The third-order valence-corrected chi connectivity index (χ3v) is 4.46. The zero-order valence-corrected chi connectivity index (χ0v) is 15.7. The number of carbonyl (C=O) groups is 1. The van der Waals surface area contributed by atoms with Gasteiger partial charge < -0.3 is 5.32 Å². The van der Waals surface area contributed by atoms with Gasteiger partial charge in [-0.05, 0) is 37.6 Å². The lowest BCUT2D eigenvalue weighted by molar-refractivity contribution is -0.384. The molecule has 3 heterocycles. The van der Waals surface area contributed by atoms with Crippen LogP contribution in [0.25, 0.3) is 16.7 Å². The number of hydrogen-bond acceptors (Lipinski definition) is 6. The van der Waals surface area contributed by atoms with Crippen molar-refractivity contribution in [1.82, 2.24) is 30.3 Å². The van der Waals surface area contributed by atoms with Crippen LogP contribution in [0.3, 0.4) is 0 Å². The molecule has 0 aliphatic rings. The Balaban J connectivity index is 1.48. The first-order chi connectivity index (χ1) is 13.9. The molecule has 2 N–H and O–H groups in total. The number of benzene rings is 1. The molecule has 0 atom stereocenters. The number of non-ortho nitro benzene ring substituents is 1. The summed E-state index contributed by atoms with van der Waals surface area (Å²) in [6.45, 7) is 4.11. The number of nitro benzene ring substituents is 1. The molecule has 10 heteroatoms. The lowest BCUT2D eigenvalue weighted by Gasteiger charge is -2.06. The standard InChI is InChI=1S/C19H17N7O3/c1-11-7-12(2)25(24-11)17-6-3-13(9-20-17)10-21-19(27)18-15-8-14(26(28)29)4-5-16(15)22-23-18/h3-9H,10H2,1-2H3,(H,21,27)(H,22,23). The molecule has 1 aromatic carbocycles. The maximum atomic E-state index is 12.5. The van der Waals surface area contributed by atoms with E-state index in [1.54, 1.807) is 10.9 Å². The minimum absolute atomic E-state index is 0.100. The van der Waals surface area contributed by atoms with E-state index in [9.17, 15) is 14.9 Å². The molecule has 0 saturated heterocycles. The number of hydrogen-bond donors (Lipinski definition) is 2. The first-order valence-corrected chi connectivity index (χ1v) is 8.81. The van der Waals surface area contributed by atoms with Crippen molar-refractivity contribution >= 4 is 22.5 Å². The normalized spacial score (nSPS) is 11.0. The number of rotatable bonds is 5. The quantitative estimate of drug-likeness (QED) is 0.397. The van der Waals surface area contributed by atoms with Gasteiger partial charge in [0.2, 0.25) is 0 Å².